The third kappa shape index (κ3) is 2.89. The molecule has 1 aromatic heterocycles. The Morgan fingerprint density at radius 2 is 2.20 bits per heavy atom. The zero-order valence-corrected chi connectivity index (χ0v) is 13.3. The summed E-state index contributed by atoms with van der Waals surface area (Å²) in [5.74, 6) is -0.444. The molecule has 1 aliphatic rings. The molecule has 1 atom stereocenters. The number of hydrogen-bond acceptors (Lipinski definition) is 5. The van der Waals surface area contributed by atoms with Crippen LogP contribution in [0.25, 0.3) is 0 Å². The summed E-state index contributed by atoms with van der Waals surface area (Å²) in [4.78, 5) is 12.9. The molecule has 1 fully saturated rings. The van der Waals surface area contributed by atoms with Crippen LogP contribution in [0, 0.1) is 0 Å². The molecule has 2 rings (SSSR count). The van der Waals surface area contributed by atoms with E-state index in [0.29, 0.717) is 23.6 Å². The number of thiophene rings is 1. The first-order chi connectivity index (χ1) is 9.50. The summed E-state index contributed by atoms with van der Waals surface area (Å²) >= 11 is 1.27. The highest BCUT2D eigenvalue weighted by Crippen LogP contribution is 2.30. The number of carbonyl (C=O) groups is 1. The minimum atomic E-state index is -3.59. The molecule has 112 valence electrons. The Labute approximate surface area is 123 Å². The van der Waals surface area contributed by atoms with Crippen molar-refractivity contribution in [1.82, 2.24) is 4.31 Å². The van der Waals surface area contributed by atoms with Crippen LogP contribution >= 0.6 is 11.3 Å². The van der Waals surface area contributed by atoms with Crippen molar-refractivity contribution >= 4 is 27.3 Å². The highest BCUT2D eigenvalue weighted by atomic mass is 32.2. The van der Waals surface area contributed by atoms with Gasteiger partial charge in [-0.3, -0.25) is 4.79 Å². The van der Waals surface area contributed by atoms with Gasteiger partial charge in [-0.25, -0.2) is 8.42 Å². The van der Waals surface area contributed by atoms with Crippen molar-refractivity contribution in [3.8, 4) is 0 Å². The Morgan fingerprint density at radius 1 is 1.45 bits per heavy atom. The zero-order valence-electron chi connectivity index (χ0n) is 11.7. The molecule has 5 nitrogen and oxygen atoms in total. The average molecular weight is 317 g/mol. The van der Waals surface area contributed by atoms with Gasteiger partial charge in [0.05, 0.1) is 6.61 Å². The number of ether oxygens (including phenoxy) is 1. The molecule has 0 spiro atoms. The van der Waals surface area contributed by atoms with Crippen molar-refractivity contribution in [2.24, 2.45) is 0 Å². The summed E-state index contributed by atoms with van der Waals surface area (Å²) in [5, 5.41) is 0. The minimum absolute atomic E-state index is 0.266. The standard InChI is InChI=1S/C13H19NO4S2/c1-3-10-7-8-12(19-10)20(16,17)14-9-5-6-11(14)13(15)18-4-2/h7-8,11H,3-6,9H2,1-2H3. The number of aryl methyl sites for hydroxylation is 1. The number of sulfonamides is 1. The Hall–Kier alpha value is -0.920. The summed E-state index contributed by atoms with van der Waals surface area (Å²) in [5.41, 5.74) is 0. The van der Waals surface area contributed by atoms with Gasteiger partial charge in [0.2, 0.25) is 0 Å². The first-order valence-electron chi connectivity index (χ1n) is 6.78. The van der Waals surface area contributed by atoms with E-state index in [2.05, 4.69) is 0 Å². The fourth-order valence-corrected chi connectivity index (χ4v) is 5.38. The van der Waals surface area contributed by atoms with Crippen molar-refractivity contribution < 1.29 is 17.9 Å². The van der Waals surface area contributed by atoms with Crippen molar-refractivity contribution in [3.05, 3.63) is 17.0 Å². The number of nitrogens with zero attached hydrogens (tertiary/aromatic N) is 1. The molecule has 1 saturated heterocycles. The topological polar surface area (TPSA) is 63.7 Å². The molecule has 0 bridgehead atoms. The van der Waals surface area contributed by atoms with Gasteiger partial charge in [0, 0.05) is 11.4 Å². The van der Waals surface area contributed by atoms with Gasteiger partial charge in [0.1, 0.15) is 10.3 Å². The van der Waals surface area contributed by atoms with Gasteiger partial charge in [-0.2, -0.15) is 4.31 Å². The van der Waals surface area contributed by atoms with Gasteiger partial charge in [0.15, 0.2) is 0 Å². The molecule has 2 heterocycles. The quantitative estimate of drug-likeness (QED) is 0.780. The molecular formula is C13H19NO4S2. The van der Waals surface area contributed by atoms with E-state index in [1.807, 2.05) is 13.0 Å². The van der Waals surface area contributed by atoms with Crippen LogP contribution in [0.2, 0.25) is 0 Å². The smallest absolute Gasteiger partial charge is 0.324 e. The number of hydrogen-bond donors (Lipinski definition) is 0. The third-order valence-electron chi connectivity index (χ3n) is 3.31. The van der Waals surface area contributed by atoms with E-state index < -0.39 is 22.0 Å². The van der Waals surface area contributed by atoms with E-state index in [1.54, 1.807) is 13.0 Å². The highest BCUT2D eigenvalue weighted by molar-refractivity contribution is 7.91. The first kappa shape index (κ1) is 15.5. The molecule has 0 aromatic carbocycles. The van der Waals surface area contributed by atoms with Crippen LogP contribution in [0.5, 0.6) is 0 Å². The van der Waals surface area contributed by atoms with Gasteiger partial charge >= 0.3 is 5.97 Å². The van der Waals surface area contributed by atoms with Gasteiger partial charge in [-0.1, -0.05) is 6.92 Å². The van der Waals surface area contributed by atoms with Gasteiger partial charge < -0.3 is 4.74 Å². The van der Waals surface area contributed by atoms with Gasteiger partial charge in [0.25, 0.3) is 10.0 Å². The Kier molecular flexibility index (Phi) is 4.82. The van der Waals surface area contributed by atoms with Crippen molar-refractivity contribution in [2.45, 2.75) is 43.4 Å². The first-order valence-corrected chi connectivity index (χ1v) is 9.03. The number of rotatable bonds is 5. The summed E-state index contributed by atoms with van der Waals surface area (Å²) in [6, 6.07) is 2.78. The lowest BCUT2D eigenvalue weighted by Crippen LogP contribution is -2.41. The molecule has 0 N–H and O–H groups in total. The van der Waals surface area contributed by atoms with Crippen LogP contribution in [0.1, 0.15) is 31.6 Å². The van der Waals surface area contributed by atoms with E-state index in [4.69, 9.17) is 4.74 Å². The SMILES string of the molecule is CCOC(=O)C1CCCN1S(=O)(=O)c1ccc(CC)s1. The Bertz CT molecular complexity index is 579. The van der Waals surface area contributed by atoms with E-state index in [1.165, 1.54) is 15.6 Å². The lowest BCUT2D eigenvalue weighted by molar-refractivity contribution is -0.146. The monoisotopic (exact) mass is 317 g/mol. The average Bonchev–Trinajstić information content (AvgIpc) is 3.08. The predicted octanol–water partition coefficient (Wildman–Crippen LogP) is 2.03. The van der Waals surface area contributed by atoms with Crippen LogP contribution < -0.4 is 0 Å². The second-order valence-electron chi connectivity index (χ2n) is 4.60. The Balaban J connectivity index is 2.26. The molecule has 0 radical (unpaired) electrons. The number of esters is 1. The molecule has 0 saturated carbocycles. The molecule has 1 aromatic rings. The molecule has 1 aliphatic heterocycles. The maximum absolute atomic E-state index is 12.6. The maximum Gasteiger partial charge on any atom is 0.324 e. The van der Waals surface area contributed by atoms with Crippen molar-refractivity contribution in [1.29, 1.82) is 0 Å². The highest BCUT2D eigenvalue weighted by Gasteiger charge is 2.40. The molecular weight excluding hydrogens is 298 g/mol. The van der Waals surface area contributed by atoms with Crippen LogP contribution in [-0.2, 0) is 26.0 Å². The molecule has 1 unspecified atom stereocenters. The summed E-state index contributed by atoms with van der Waals surface area (Å²) in [7, 11) is -3.59. The van der Waals surface area contributed by atoms with Crippen LogP contribution in [0.3, 0.4) is 0 Å². The lowest BCUT2D eigenvalue weighted by atomic mass is 10.2. The predicted molar refractivity (Wildman–Crippen MR) is 77.2 cm³/mol. The second-order valence-corrected chi connectivity index (χ2v) is 7.89. The molecule has 7 heteroatoms. The van der Waals surface area contributed by atoms with Gasteiger partial charge in [-0.05, 0) is 38.3 Å². The molecule has 0 amide bonds. The van der Waals surface area contributed by atoms with Crippen molar-refractivity contribution in [2.75, 3.05) is 13.2 Å². The van der Waals surface area contributed by atoms with E-state index in [0.717, 1.165) is 11.3 Å². The normalized spacial score (nSPS) is 20.2. The van der Waals surface area contributed by atoms with Crippen molar-refractivity contribution in [3.63, 3.8) is 0 Å². The summed E-state index contributed by atoms with van der Waals surface area (Å²) < 4.78 is 31.8. The van der Waals surface area contributed by atoms with Gasteiger partial charge in [-0.15, -0.1) is 11.3 Å². The Morgan fingerprint density at radius 3 is 2.80 bits per heavy atom. The minimum Gasteiger partial charge on any atom is -0.465 e. The maximum atomic E-state index is 12.6. The molecule has 0 aliphatic carbocycles. The third-order valence-corrected chi connectivity index (χ3v) is 6.92. The van der Waals surface area contributed by atoms with E-state index in [-0.39, 0.29) is 6.61 Å². The lowest BCUT2D eigenvalue weighted by Gasteiger charge is -2.21. The van der Waals surface area contributed by atoms with Crippen LogP contribution in [-0.4, -0.2) is 37.9 Å². The van der Waals surface area contributed by atoms with E-state index >= 15 is 0 Å². The van der Waals surface area contributed by atoms with E-state index in [9.17, 15) is 13.2 Å². The fraction of sp³-hybridized carbons (Fsp3) is 0.615. The summed E-state index contributed by atoms with van der Waals surface area (Å²) in [6.45, 7) is 4.35. The molecule has 20 heavy (non-hydrogen) atoms. The van der Waals surface area contributed by atoms with Crippen LogP contribution in [0.4, 0.5) is 0 Å². The fourth-order valence-electron chi connectivity index (χ4n) is 2.30. The largest absolute Gasteiger partial charge is 0.465 e. The summed E-state index contributed by atoms with van der Waals surface area (Å²) in [6.07, 6.45) is 2.03. The zero-order chi connectivity index (χ0) is 14.8. The second kappa shape index (κ2) is 6.24. The number of carbonyl (C=O) groups excluding carboxylic acids is 1. The van der Waals surface area contributed by atoms with Crippen LogP contribution in [0.15, 0.2) is 16.3 Å².